The minimum absolute atomic E-state index is 0.0215. The predicted molar refractivity (Wildman–Crippen MR) is 53.8 cm³/mol. The molecule has 0 radical (unpaired) electrons. The Morgan fingerprint density at radius 3 is 2.31 bits per heavy atom. The van der Waals surface area contributed by atoms with E-state index in [4.69, 9.17) is 0 Å². The van der Waals surface area contributed by atoms with Gasteiger partial charge >= 0.3 is 0 Å². The van der Waals surface area contributed by atoms with E-state index in [1.807, 2.05) is 0 Å². The maximum Gasteiger partial charge on any atom is 0.0634 e. The molecule has 1 nitrogen and oxygen atoms in total. The molecule has 0 aromatic heterocycles. The quantitative estimate of drug-likeness (QED) is 0.696. The van der Waals surface area contributed by atoms with Crippen LogP contribution in [-0.4, -0.2) is 11.2 Å². The van der Waals surface area contributed by atoms with E-state index in [1.165, 1.54) is 11.1 Å². The summed E-state index contributed by atoms with van der Waals surface area (Å²) in [7, 11) is 0. The van der Waals surface area contributed by atoms with Crippen LogP contribution >= 0.6 is 0 Å². The van der Waals surface area contributed by atoms with Crippen LogP contribution in [0.15, 0.2) is 24.3 Å². The van der Waals surface area contributed by atoms with Crippen LogP contribution < -0.4 is 0 Å². The number of aryl methyl sites for hydroxylation is 1. The second kappa shape index (κ2) is 2.85. The molecule has 1 N–H and O–H groups in total. The van der Waals surface area contributed by atoms with Crippen molar-refractivity contribution in [2.75, 3.05) is 0 Å². The van der Waals surface area contributed by atoms with Crippen LogP contribution in [0, 0.1) is 6.92 Å². The zero-order valence-electron chi connectivity index (χ0n) is 8.25. The Labute approximate surface area is 79.4 Å². The minimum Gasteiger partial charge on any atom is -0.392 e. The normalized spacial score (nSPS) is 32.7. The molecule has 0 spiro atoms. The van der Waals surface area contributed by atoms with Crippen LogP contribution in [0.4, 0.5) is 0 Å². The summed E-state index contributed by atoms with van der Waals surface area (Å²) < 4.78 is 0. The molecule has 0 aliphatic heterocycles. The van der Waals surface area contributed by atoms with Gasteiger partial charge < -0.3 is 5.11 Å². The fraction of sp³-hybridized carbons (Fsp3) is 0.500. The molecule has 0 saturated heterocycles. The highest BCUT2D eigenvalue weighted by atomic mass is 16.3. The van der Waals surface area contributed by atoms with Gasteiger partial charge in [-0.05, 0) is 25.3 Å². The first-order valence-corrected chi connectivity index (χ1v) is 4.88. The molecular formula is C12H16O. The Balaban J connectivity index is 2.30. The standard InChI is InChI=1S/C12H16O/c1-9-3-5-10(6-4-9)12(2)8-7-11(12)13/h3-6,11,13H,7-8H2,1-2H3/t11-,12-/m0/s1. The summed E-state index contributed by atoms with van der Waals surface area (Å²) in [6.45, 7) is 4.23. The van der Waals surface area contributed by atoms with Gasteiger partial charge in [0.2, 0.25) is 0 Å². The number of rotatable bonds is 1. The maximum atomic E-state index is 9.69. The van der Waals surface area contributed by atoms with E-state index in [-0.39, 0.29) is 11.5 Å². The van der Waals surface area contributed by atoms with Crippen molar-refractivity contribution in [1.29, 1.82) is 0 Å². The molecule has 2 atom stereocenters. The third-order valence-electron chi connectivity index (χ3n) is 3.38. The van der Waals surface area contributed by atoms with Crippen molar-refractivity contribution in [3.05, 3.63) is 35.4 Å². The number of benzene rings is 1. The lowest BCUT2D eigenvalue weighted by Crippen LogP contribution is -2.46. The number of hydrogen-bond acceptors (Lipinski definition) is 1. The van der Waals surface area contributed by atoms with Crippen molar-refractivity contribution in [1.82, 2.24) is 0 Å². The Morgan fingerprint density at radius 1 is 1.31 bits per heavy atom. The van der Waals surface area contributed by atoms with Gasteiger partial charge in [-0.3, -0.25) is 0 Å². The summed E-state index contributed by atoms with van der Waals surface area (Å²) in [6.07, 6.45) is 1.91. The van der Waals surface area contributed by atoms with Crippen LogP contribution in [0.25, 0.3) is 0 Å². The number of aliphatic hydroxyl groups excluding tert-OH is 1. The fourth-order valence-electron chi connectivity index (χ4n) is 1.98. The van der Waals surface area contributed by atoms with E-state index in [9.17, 15) is 5.11 Å². The van der Waals surface area contributed by atoms with Gasteiger partial charge in [-0.25, -0.2) is 0 Å². The van der Waals surface area contributed by atoms with Gasteiger partial charge in [0.05, 0.1) is 6.10 Å². The summed E-state index contributed by atoms with van der Waals surface area (Å²) in [5.41, 5.74) is 2.58. The highest BCUT2D eigenvalue weighted by Crippen LogP contribution is 2.43. The second-order valence-corrected chi connectivity index (χ2v) is 4.34. The van der Waals surface area contributed by atoms with Crippen LogP contribution in [0.5, 0.6) is 0 Å². The maximum absolute atomic E-state index is 9.69. The van der Waals surface area contributed by atoms with Gasteiger partial charge in [0.1, 0.15) is 0 Å². The van der Waals surface area contributed by atoms with Crippen LogP contribution in [0.2, 0.25) is 0 Å². The van der Waals surface area contributed by atoms with E-state index in [0.29, 0.717) is 0 Å². The van der Waals surface area contributed by atoms with E-state index in [0.717, 1.165) is 12.8 Å². The fourth-order valence-corrected chi connectivity index (χ4v) is 1.98. The molecule has 70 valence electrons. The van der Waals surface area contributed by atoms with E-state index in [2.05, 4.69) is 38.1 Å². The van der Waals surface area contributed by atoms with Gasteiger partial charge in [-0.1, -0.05) is 36.8 Å². The Bertz CT molecular complexity index is 301. The molecule has 0 amide bonds. The molecular weight excluding hydrogens is 160 g/mol. The lowest BCUT2D eigenvalue weighted by molar-refractivity contribution is 0.00421. The second-order valence-electron chi connectivity index (χ2n) is 4.34. The monoisotopic (exact) mass is 176 g/mol. The van der Waals surface area contributed by atoms with Crippen molar-refractivity contribution in [3.8, 4) is 0 Å². The van der Waals surface area contributed by atoms with Gasteiger partial charge in [0.15, 0.2) is 0 Å². The molecule has 1 aliphatic rings. The molecule has 2 rings (SSSR count). The summed E-state index contributed by atoms with van der Waals surface area (Å²) in [5, 5.41) is 9.69. The van der Waals surface area contributed by atoms with Crippen LogP contribution in [0.1, 0.15) is 30.9 Å². The van der Waals surface area contributed by atoms with Crippen molar-refractivity contribution >= 4 is 0 Å². The zero-order valence-corrected chi connectivity index (χ0v) is 8.25. The molecule has 0 bridgehead atoms. The summed E-state index contributed by atoms with van der Waals surface area (Å²) in [6, 6.07) is 8.51. The first kappa shape index (κ1) is 8.76. The third-order valence-corrected chi connectivity index (χ3v) is 3.38. The molecule has 1 fully saturated rings. The largest absolute Gasteiger partial charge is 0.392 e. The summed E-state index contributed by atoms with van der Waals surface area (Å²) in [4.78, 5) is 0. The molecule has 1 heteroatoms. The van der Waals surface area contributed by atoms with Gasteiger partial charge in [-0.2, -0.15) is 0 Å². The molecule has 1 aromatic rings. The van der Waals surface area contributed by atoms with E-state index >= 15 is 0 Å². The minimum atomic E-state index is -0.143. The Morgan fingerprint density at radius 2 is 1.92 bits per heavy atom. The highest BCUT2D eigenvalue weighted by Gasteiger charge is 2.42. The van der Waals surface area contributed by atoms with Gasteiger partial charge in [-0.15, -0.1) is 0 Å². The van der Waals surface area contributed by atoms with Crippen molar-refractivity contribution < 1.29 is 5.11 Å². The molecule has 1 aromatic carbocycles. The SMILES string of the molecule is Cc1ccc([C@]2(C)CC[C@@H]2O)cc1. The molecule has 1 aliphatic carbocycles. The van der Waals surface area contributed by atoms with Gasteiger partial charge in [0, 0.05) is 5.41 Å². The lowest BCUT2D eigenvalue weighted by Gasteiger charge is -2.44. The molecule has 0 heterocycles. The summed E-state index contributed by atoms with van der Waals surface area (Å²) >= 11 is 0. The smallest absolute Gasteiger partial charge is 0.0634 e. The van der Waals surface area contributed by atoms with Crippen LogP contribution in [0.3, 0.4) is 0 Å². The van der Waals surface area contributed by atoms with Crippen LogP contribution in [-0.2, 0) is 5.41 Å². The predicted octanol–water partition coefficient (Wildman–Crippen LogP) is 2.41. The zero-order chi connectivity index (χ0) is 9.47. The molecule has 0 unspecified atom stereocenters. The Kier molecular flexibility index (Phi) is 1.92. The summed E-state index contributed by atoms with van der Waals surface area (Å²) in [5.74, 6) is 0. The third kappa shape index (κ3) is 1.28. The first-order chi connectivity index (χ1) is 6.13. The number of hydrogen-bond donors (Lipinski definition) is 1. The highest BCUT2D eigenvalue weighted by molar-refractivity contribution is 5.31. The number of aliphatic hydroxyl groups is 1. The van der Waals surface area contributed by atoms with Gasteiger partial charge in [0.25, 0.3) is 0 Å². The average Bonchev–Trinajstić information content (AvgIpc) is 2.15. The lowest BCUT2D eigenvalue weighted by atomic mass is 9.63. The van der Waals surface area contributed by atoms with Crippen molar-refractivity contribution in [2.24, 2.45) is 0 Å². The Hall–Kier alpha value is -0.820. The average molecular weight is 176 g/mol. The van der Waals surface area contributed by atoms with E-state index in [1.54, 1.807) is 0 Å². The van der Waals surface area contributed by atoms with Crippen molar-refractivity contribution in [2.45, 2.75) is 38.2 Å². The molecule has 1 saturated carbocycles. The molecule has 13 heavy (non-hydrogen) atoms. The first-order valence-electron chi connectivity index (χ1n) is 4.88. The van der Waals surface area contributed by atoms with Crippen molar-refractivity contribution in [3.63, 3.8) is 0 Å². The topological polar surface area (TPSA) is 20.2 Å². The van der Waals surface area contributed by atoms with E-state index < -0.39 is 0 Å².